The van der Waals surface area contributed by atoms with E-state index >= 15 is 0 Å². The Labute approximate surface area is 98.0 Å². The van der Waals surface area contributed by atoms with Crippen molar-refractivity contribution in [2.75, 3.05) is 5.75 Å². The zero-order valence-electron chi connectivity index (χ0n) is 8.98. The van der Waals surface area contributed by atoms with Crippen LogP contribution in [0, 0.1) is 0 Å². The van der Waals surface area contributed by atoms with Crippen molar-refractivity contribution in [1.82, 2.24) is 9.78 Å². The molecule has 0 saturated heterocycles. The van der Waals surface area contributed by atoms with Gasteiger partial charge in [-0.05, 0) is 31.4 Å². The molecule has 2 aliphatic rings. The zero-order valence-corrected chi connectivity index (χ0v) is 9.79. The molecule has 16 heavy (non-hydrogen) atoms. The van der Waals surface area contributed by atoms with Gasteiger partial charge < -0.3 is 5.11 Å². The second-order valence-corrected chi connectivity index (χ2v) is 5.52. The van der Waals surface area contributed by atoms with Gasteiger partial charge in [0.25, 0.3) is 0 Å². The van der Waals surface area contributed by atoms with Crippen molar-refractivity contribution in [2.24, 2.45) is 0 Å². The van der Waals surface area contributed by atoms with Crippen molar-refractivity contribution in [3.8, 4) is 0 Å². The molecule has 0 amide bonds. The maximum absolute atomic E-state index is 11.1. The summed E-state index contributed by atoms with van der Waals surface area (Å²) in [4.78, 5) is 11.1. The average molecular weight is 238 g/mol. The van der Waals surface area contributed by atoms with Gasteiger partial charge in [0.05, 0.1) is 6.04 Å². The third-order valence-electron chi connectivity index (χ3n) is 3.47. The third-order valence-corrected chi connectivity index (χ3v) is 4.46. The van der Waals surface area contributed by atoms with E-state index in [4.69, 9.17) is 5.11 Å². The van der Waals surface area contributed by atoms with Crippen LogP contribution in [0.15, 0.2) is 0 Å². The molecule has 0 spiro atoms. The van der Waals surface area contributed by atoms with Crippen LogP contribution in [-0.2, 0) is 12.2 Å². The van der Waals surface area contributed by atoms with Gasteiger partial charge >= 0.3 is 5.97 Å². The normalized spacial score (nSPS) is 20.2. The lowest BCUT2D eigenvalue weighted by molar-refractivity contribution is 0.0687. The molecular weight excluding hydrogens is 224 g/mol. The quantitative estimate of drug-likeness (QED) is 0.857. The summed E-state index contributed by atoms with van der Waals surface area (Å²) in [6.07, 6.45) is 4.52. The molecule has 1 aliphatic heterocycles. The monoisotopic (exact) mass is 238 g/mol. The first-order valence-corrected chi connectivity index (χ1v) is 6.84. The molecule has 1 N–H and O–H groups in total. The lowest BCUT2D eigenvalue weighted by atomic mass is 9.93. The van der Waals surface area contributed by atoms with Gasteiger partial charge in [-0.2, -0.15) is 16.9 Å². The summed E-state index contributed by atoms with van der Waals surface area (Å²) >= 11 is 1.80. The standard InChI is InChI=1S/C11H14N2O2S/c14-11(15)10-8-6-16-5-4-9(8)13(12-10)7-2-1-3-7/h7H,1-6H2,(H,14,15). The molecule has 4 nitrogen and oxygen atoms in total. The Balaban J connectivity index is 2.07. The van der Waals surface area contributed by atoms with Crippen molar-refractivity contribution in [1.29, 1.82) is 0 Å². The molecule has 1 saturated carbocycles. The number of carboxylic acid groups (broad SMARTS) is 1. The van der Waals surface area contributed by atoms with Crippen LogP contribution in [0.2, 0.25) is 0 Å². The van der Waals surface area contributed by atoms with Gasteiger partial charge in [-0.1, -0.05) is 0 Å². The highest BCUT2D eigenvalue weighted by atomic mass is 32.2. The van der Waals surface area contributed by atoms with Gasteiger partial charge in [0.2, 0.25) is 0 Å². The van der Waals surface area contributed by atoms with Crippen molar-refractivity contribution in [3.05, 3.63) is 17.0 Å². The number of hydrogen-bond acceptors (Lipinski definition) is 3. The number of thioether (sulfide) groups is 1. The molecule has 5 heteroatoms. The van der Waals surface area contributed by atoms with E-state index in [1.807, 2.05) is 4.68 Å². The van der Waals surface area contributed by atoms with Crippen LogP contribution in [0.3, 0.4) is 0 Å². The Morgan fingerprint density at radius 1 is 1.50 bits per heavy atom. The molecule has 0 atom stereocenters. The summed E-state index contributed by atoms with van der Waals surface area (Å²) in [5.74, 6) is 1.02. The third kappa shape index (κ3) is 1.45. The fourth-order valence-corrected chi connectivity index (χ4v) is 3.36. The second-order valence-electron chi connectivity index (χ2n) is 4.41. The molecule has 0 radical (unpaired) electrons. The summed E-state index contributed by atoms with van der Waals surface area (Å²) in [7, 11) is 0. The Morgan fingerprint density at radius 2 is 2.31 bits per heavy atom. The van der Waals surface area contributed by atoms with Crippen LogP contribution in [0.4, 0.5) is 0 Å². The molecule has 2 heterocycles. The summed E-state index contributed by atoms with van der Waals surface area (Å²) < 4.78 is 2.00. The maximum atomic E-state index is 11.1. The summed E-state index contributed by atoms with van der Waals surface area (Å²) in [5.41, 5.74) is 2.44. The Bertz CT molecular complexity index is 437. The first-order valence-electron chi connectivity index (χ1n) is 5.68. The molecule has 1 fully saturated rings. The number of carbonyl (C=O) groups is 1. The highest BCUT2D eigenvalue weighted by molar-refractivity contribution is 7.98. The predicted molar refractivity (Wildman–Crippen MR) is 61.9 cm³/mol. The minimum absolute atomic E-state index is 0.286. The molecule has 3 rings (SSSR count). The van der Waals surface area contributed by atoms with E-state index in [2.05, 4.69) is 5.10 Å². The van der Waals surface area contributed by atoms with Crippen LogP contribution in [0.1, 0.15) is 47.1 Å². The van der Waals surface area contributed by atoms with Crippen LogP contribution < -0.4 is 0 Å². The van der Waals surface area contributed by atoms with Gasteiger partial charge in [-0.25, -0.2) is 4.79 Å². The number of nitrogens with zero attached hydrogens (tertiary/aromatic N) is 2. The molecule has 0 unspecified atom stereocenters. The van der Waals surface area contributed by atoms with Crippen molar-refractivity contribution in [3.63, 3.8) is 0 Å². The molecule has 1 aliphatic carbocycles. The molecule has 1 aromatic rings. The minimum atomic E-state index is -0.878. The maximum Gasteiger partial charge on any atom is 0.356 e. The topological polar surface area (TPSA) is 55.1 Å². The Hall–Kier alpha value is -0.970. The fourth-order valence-electron chi connectivity index (χ4n) is 2.37. The lowest BCUT2D eigenvalue weighted by Crippen LogP contribution is -2.21. The van der Waals surface area contributed by atoms with Crippen molar-refractivity contribution >= 4 is 17.7 Å². The number of fused-ring (bicyclic) bond motifs is 1. The molecular formula is C11H14N2O2S. The van der Waals surface area contributed by atoms with Gasteiger partial charge in [-0.3, -0.25) is 4.68 Å². The van der Waals surface area contributed by atoms with E-state index in [0.717, 1.165) is 36.3 Å². The average Bonchev–Trinajstić information content (AvgIpc) is 2.56. The fraction of sp³-hybridized carbons (Fsp3) is 0.636. The van der Waals surface area contributed by atoms with Gasteiger partial charge in [0.15, 0.2) is 5.69 Å². The SMILES string of the molecule is O=C(O)c1nn(C2CCC2)c2c1CSCC2. The molecule has 0 aromatic carbocycles. The lowest BCUT2D eigenvalue weighted by Gasteiger charge is -2.28. The van der Waals surface area contributed by atoms with E-state index in [9.17, 15) is 4.79 Å². The number of aromatic nitrogens is 2. The molecule has 1 aromatic heterocycles. The molecule has 86 valence electrons. The number of rotatable bonds is 2. The smallest absolute Gasteiger partial charge is 0.356 e. The van der Waals surface area contributed by atoms with Gasteiger partial charge in [0.1, 0.15) is 0 Å². The molecule has 0 bridgehead atoms. The van der Waals surface area contributed by atoms with E-state index in [0.29, 0.717) is 6.04 Å². The highest BCUT2D eigenvalue weighted by Gasteiger charge is 2.30. The van der Waals surface area contributed by atoms with E-state index in [-0.39, 0.29) is 5.69 Å². The van der Waals surface area contributed by atoms with Gasteiger partial charge in [-0.15, -0.1) is 0 Å². The van der Waals surface area contributed by atoms with Crippen LogP contribution in [-0.4, -0.2) is 26.6 Å². The van der Waals surface area contributed by atoms with E-state index in [1.54, 1.807) is 11.8 Å². The predicted octanol–water partition coefficient (Wildman–Crippen LogP) is 2.10. The van der Waals surface area contributed by atoms with E-state index in [1.165, 1.54) is 12.1 Å². The largest absolute Gasteiger partial charge is 0.476 e. The summed E-state index contributed by atoms with van der Waals surface area (Å²) in [6.45, 7) is 0. The number of aromatic carboxylic acids is 1. The van der Waals surface area contributed by atoms with Crippen LogP contribution >= 0.6 is 11.8 Å². The second kappa shape index (κ2) is 3.80. The Kier molecular flexibility index (Phi) is 2.42. The number of carboxylic acids is 1. The van der Waals surface area contributed by atoms with Gasteiger partial charge in [0, 0.05) is 17.0 Å². The first-order chi connectivity index (χ1) is 7.77. The number of hydrogen-bond donors (Lipinski definition) is 1. The van der Waals surface area contributed by atoms with Crippen LogP contribution in [0.25, 0.3) is 0 Å². The first kappa shape index (κ1) is 10.2. The summed E-state index contributed by atoms with van der Waals surface area (Å²) in [6, 6.07) is 0.463. The summed E-state index contributed by atoms with van der Waals surface area (Å²) in [5, 5.41) is 13.5. The Morgan fingerprint density at radius 3 is 2.94 bits per heavy atom. The van der Waals surface area contributed by atoms with Crippen LogP contribution in [0.5, 0.6) is 0 Å². The van der Waals surface area contributed by atoms with Crippen molar-refractivity contribution in [2.45, 2.75) is 37.5 Å². The minimum Gasteiger partial charge on any atom is -0.476 e. The van der Waals surface area contributed by atoms with Crippen molar-refractivity contribution < 1.29 is 9.90 Å². The van der Waals surface area contributed by atoms with E-state index < -0.39 is 5.97 Å². The highest BCUT2D eigenvalue weighted by Crippen LogP contribution is 2.36. The zero-order chi connectivity index (χ0) is 11.1.